The number of carbonyl (C=O) groups excluding carboxylic acids is 3. The van der Waals surface area contributed by atoms with E-state index in [9.17, 15) is 14.4 Å². The summed E-state index contributed by atoms with van der Waals surface area (Å²) in [5.41, 5.74) is 0.463. The molecule has 7 nitrogen and oxygen atoms in total. The van der Waals surface area contributed by atoms with E-state index in [1.807, 2.05) is 20.8 Å². The van der Waals surface area contributed by atoms with Crippen LogP contribution in [-0.2, 0) is 4.74 Å². The van der Waals surface area contributed by atoms with Crippen molar-refractivity contribution in [2.24, 2.45) is 0 Å². The Labute approximate surface area is 166 Å². The molecule has 3 amide bonds. The van der Waals surface area contributed by atoms with E-state index in [-0.39, 0.29) is 23.9 Å². The second-order valence-corrected chi connectivity index (χ2v) is 8.48. The minimum Gasteiger partial charge on any atom is -0.444 e. The number of imide groups is 1. The number of fused-ring (bicyclic) bond motifs is 1. The van der Waals surface area contributed by atoms with Gasteiger partial charge in [0.25, 0.3) is 11.8 Å². The molecule has 1 aromatic carbocycles. The maximum Gasteiger partial charge on any atom is 0.407 e. The normalized spacial score (nSPS) is 22.5. The Balaban J connectivity index is 1.47. The number of amides is 3. The van der Waals surface area contributed by atoms with Crippen LogP contribution < -0.4 is 5.32 Å². The van der Waals surface area contributed by atoms with E-state index in [4.69, 9.17) is 4.74 Å². The molecule has 1 fully saturated rings. The van der Waals surface area contributed by atoms with Gasteiger partial charge in [-0.05, 0) is 52.7 Å². The number of carbonyl (C=O) groups is 3. The van der Waals surface area contributed by atoms with Crippen LogP contribution in [-0.4, -0.2) is 65.0 Å². The molecule has 1 saturated heterocycles. The molecule has 0 radical (unpaired) electrons. The Bertz CT molecular complexity index is 736. The van der Waals surface area contributed by atoms with Gasteiger partial charge in [-0.1, -0.05) is 12.1 Å². The van der Waals surface area contributed by atoms with Gasteiger partial charge in [0.15, 0.2) is 0 Å². The zero-order valence-corrected chi connectivity index (χ0v) is 17.0. The van der Waals surface area contributed by atoms with E-state index in [2.05, 4.69) is 17.1 Å². The number of nitrogens with one attached hydrogen (secondary N) is 1. The summed E-state index contributed by atoms with van der Waals surface area (Å²) >= 11 is 0. The minimum atomic E-state index is -0.516. The van der Waals surface area contributed by atoms with Crippen molar-refractivity contribution in [2.75, 3.05) is 19.6 Å². The third-order valence-electron chi connectivity index (χ3n) is 5.29. The molecule has 0 saturated carbocycles. The summed E-state index contributed by atoms with van der Waals surface area (Å²) in [7, 11) is 0. The summed E-state index contributed by atoms with van der Waals surface area (Å²) in [6.07, 6.45) is 1.17. The lowest BCUT2D eigenvalue weighted by atomic mass is 10.1. The van der Waals surface area contributed by atoms with Crippen LogP contribution in [0, 0.1) is 0 Å². The second-order valence-electron chi connectivity index (χ2n) is 8.48. The second kappa shape index (κ2) is 7.91. The summed E-state index contributed by atoms with van der Waals surface area (Å²) in [5, 5.41) is 2.95. The predicted molar refractivity (Wildman–Crippen MR) is 105 cm³/mol. The fraction of sp³-hybridized carbons (Fsp3) is 0.571. The average Bonchev–Trinajstić information content (AvgIpc) is 3.07. The fourth-order valence-corrected chi connectivity index (χ4v) is 3.85. The van der Waals surface area contributed by atoms with Crippen molar-refractivity contribution < 1.29 is 19.1 Å². The molecule has 152 valence electrons. The molecule has 2 unspecified atom stereocenters. The first-order valence-electron chi connectivity index (χ1n) is 9.86. The van der Waals surface area contributed by atoms with Crippen LogP contribution in [0.3, 0.4) is 0 Å². The number of hydrogen-bond donors (Lipinski definition) is 1. The summed E-state index contributed by atoms with van der Waals surface area (Å²) in [6, 6.07) is 7.16. The molecule has 2 heterocycles. The summed E-state index contributed by atoms with van der Waals surface area (Å²) in [6.45, 7) is 9.64. The van der Waals surface area contributed by atoms with Gasteiger partial charge >= 0.3 is 6.09 Å². The van der Waals surface area contributed by atoms with Gasteiger partial charge in [0.05, 0.1) is 11.1 Å². The first kappa shape index (κ1) is 20.3. The Morgan fingerprint density at radius 3 is 2.32 bits per heavy atom. The first-order valence-corrected chi connectivity index (χ1v) is 9.86. The van der Waals surface area contributed by atoms with Crippen molar-refractivity contribution in [2.45, 2.75) is 58.2 Å². The molecular formula is C21H29N3O4. The number of likely N-dealkylation sites (tertiary alicyclic amines) is 1. The van der Waals surface area contributed by atoms with E-state index in [1.165, 1.54) is 4.90 Å². The number of nitrogens with zero attached hydrogens (tertiary/aromatic N) is 2. The Morgan fingerprint density at radius 2 is 1.75 bits per heavy atom. The zero-order valence-electron chi connectivity index (χ0n) is 17.0. The van der Waals surface area contributed by atoms with E-state index in [0.717, 1.165) is 19.5 Å². The standard InChI is InChI=1S/C21H29N3O4/c1-14-17(22-20(27)28-21(2,3)4)10-13-23(14)11-7-12-24-18(25)15-8-5-6-9-16(15)19(24)26/h5-6,8-9,14,17H,7,10-13H2,1-4H3,(H,22,27). The highest BCUT2D eigenvalue weighted by molar-refractivity contribution is 6.21. The van der Waals surface area contributed by atoms with Gasteiger partial charge < -0.3 is 10.1 Å². The molecule has 0 bridgehead atoms. The van der Waals surface area contributed by atoms with Crippen LogP contribution in [0.5, 0.6) is 0 Å². The molecule has 28 heavy (non-hydrogen) atoms. The van der Waals surface area contributed by atoms with Gasteiger partial charge in [-0.3, -0.25) is 19.4 Å². The highest BCUT2D eigenvalue weighted by atomic mass is 16.6. The molecular weight excluding hydrogens is 358 g/mol. The lowest BCUT2D eigenvalue weighted by Crippen LogP contribution is -2.45. The van der Waals surface area contributed by atoms with Crippen molar-refractivity contribution in [3.05, 3.63) is 35.4 Å². The number of rotatable bonds is 5. The van der Waals surface area contributed by atoms with Crippen LogP contribution in [0.2, 0.25) is 0 Å². The van der Waals surface area contributed by atoms with Crippen LogP contribution in [0.25, 0.3) is 0 Å². The van der Waals surface area contributed by atoms with Crippen molar-refractivity contribution in [3.63, 3.8) is 0 Å². The molecule has 0 spiro atoms. The first-order chi connectivity index (χ1) is 13.2. The van der Waals surface area contributed by atoms with Gasteiger partial charge in [0, 0.05) is 31.7 Å². The highest BCUT2D eigenvalue weighted by Gasteiger charge is 2.36. The third kappa shape index (κ3) is 4.35. The van der Waals surface area contributed by atoms with Crippen LogP contribution in [0.1, 0.15) is 61.3 Å². The molecule has 1 N–H and O–H groups in total. The largest absolute Gasteiger partial charge is 0.444 e. The van der Waals surface area contributed by atoms with Crippen molar-refractivity contribution in [3.8, 4) is 0 Å². The molecule has 7 heteroatoms. The van der Waals surface area contributed by atoms with Crippen molar-refractivity contribution in [1.82, 2.24) is 15.1 Å². The lowest BCUT2D eigenvalue weighted by molar-refractivity contribution is 0.0491. The fourth-order valence-electron chi connectivity index (χ4n) is 3.85. The number of ether oxygens (including phenoxy) is 1. The van der Waals surface area contributed by atoms with Crippen LogP contribution >= 0.6 is 0 Å². The minimum absolute atomic E-state index is 0.0363. The average molecular weight is 387 g/mol. The Morgan fingerprint density at radius 1 is 1.14 bits per heavy atom. The molecule has 2 aliphatic rings. The smallest absolute Gasteiger partial charge is 0.407 e. The molecule has 1 aromatic rings. The lowest BCUT2D eigenvalue weighted by Gasteiger charge is -2.27. The molecule has 2 atom stereocenters. The van der Waals surface area contributed by atoms with Gasteiger partial charge in [0.1, 0.15) is 5.60 Å². The topological polar surface area (TPSA) is 79.0 Å². The van der Waals surface area contributed by atoms with E-state index >= 15 is 0 Å². The molecule has 2 aliphatic heterocycles. The van der Waals surface area contributed by atoms with E-state index in [0.29, 0.717) is 24.1 Å². The summed E-state index contributed by atoms with van der Waals surface area (Å²) in [5.74, 6) is -0.418. The maximum atomic E-state index is 12.4. The van der Waals surface area contributed by atoms with Gasteiger partial charge in [0.2, 0.25) is 0 Å². The number of hydrogen-bond acceptors (Lipinski definition) is 5. The van der Waals surface area contributed by atoms with Crippen molar-refractivity contribution >= 4 is 17.9 Å². The predicted octanol–water partition coefficient (Wildman–Crippen LogP) is 2.66. The van der Waals surface area contributed by atoms with Crippen molar-refractivity contribution in [1.29, 1.82) is 0 Å². The number of alkyl carbamates (subject to hydrolysis) is 1. The summed E-state index contributed by atoms with van der Waals surface area (Å²) < 4.78 is 5.34. The molecule has 0 aromatic heterocycles. The van der Waals surface area contributed by atoms with Gasteiger partial charge in [-0.2, -0.15) is 0 Å². The van der Waals surface area contributed by atoms with E-state index in [1.54, 1.807) is 24.3 Å². The number of benzene rings is 1. The zero-order chi connectivity index (χ0) is 20.5. The van der Waals surface area contributed by atoms with Crippen LogP contribution in [0.15, 0.2) is 24.3 Å². The SMILES string of the molecule is CC1C(NC(=O)OC(C)(C)C)CCN1CCCN1C(=O)c2ccccc2C1=O. The quantitative estimate of drug-likeness (QED) is 0.786. The highest BCUT2D eigenvalue weighted by Crippen LogP contribution is 2.23. The monoisotopic (exact) mass is 387 g/mol. The van der Waals surface area contributed by atoms with E-state index < -0.39 is 11.7 Å². The maximum absolute atomic E-state index is 12.4. The third-order valence-corrected chi connectivity index (χ3v) is 5.29. The van der Waals surface area contributed by atoms with Gasteiger partial charge in [-0.15, -0.1) is 0 Å². The van der Waals surface area contributed by atoms with Crippen LogP contribution in [0.4, 0.5) is 4.79 Å². The summed E-state index contributed by atoms with van der Waals surface area (Å²) in [4.78, 5) is 40.4. The Kier molecular flexibility index (Phi) is 5.74. The molecule has 3 rings (SSSR count). The Hall–Kier alpha value is -2.41. The molecule has 0 aliphatic carbocycles. The van der Waals surface area contributed by atoms with Gasteiger partial charge in [-0.25, -0.2) is 4.79 Å².